The Labute approximate surface area is 96.8 Å². The summed E-state index contributed by atoms with van der Waals surface area (Å²) in [5, 5.41) is 7.43. The van der Waals surface area contributed by atoms with E-state index in [9.17, 15) is 0 Å². The zero-order valence-electron chi connectivity index (χ0n) is 7.86. The molecule has 0 bridgehead atoms. The van der Waals surface area contributed by atoms with Gasteiger partial charge in [-0.25, -0.2) is 4.98 Å². The lowest BCUT2D eigenvalue weighted by molar-refractivity contribution is 0.916. The van der Waals surface area contributed by atoms with E-state index in [1.165, 1.54) is 11.5 Å². The topological polar surface area (TPSA) is 41.6 Å². The van der Waals surface area contributed by atoms with Gasteiger partial charge in [0, 0.05) is 17.3 Å². The first kappa shape index (κ1) is 10.6. The van der Waals surface area contributed by atoms with Gasteiger partial charge in [0.2, 0.25) is 0 Å². The number of nitrogens with one attached hydrogen (secondary N) is 1. The number of aromatic amines is 1. The molecule has 2 atom stereocenters. The maximum atomic E-state index is 5.90. The Hall–Kier alpha value is 0.130. The van der Waals surface area contributed by atoms with Gasteiger partial charge >= 0.3 is 0 Å². The number of H-pyrrole nitrogens is 1. The van der Waals surface area contributed by atoms with E-state index < -0.39 is 0 Å². The van der Waals surface area contributed by atoms with Gasteiger partial charge in [-0.3, -0.25) is 5.10 Å². The molecule has 1 aromatic heterocycles. The van der Waals surface area contributed by atoms with Crippen LogP contribution < -0.4 is 0 Å². The number of rotatable bonds is 2. The highest BCUT2D eigenvalue weighted by Gasteiger charge is 2.20. The summed E-state index contributed by atoms with van der Waals surface area (Å²) >= 11 is 9.82. The van der Waals surface area contributed by atoms with E-state index in [4.69, 9.17) is 11.6 Å². The van der Waals surface area contributed by atoms with E-state index in [1.807, 2.05) is 30.4 Å². The molecule has 2 rings (SSSR count). The van der Waals surface area contributed by atoms with Crippen LogP contribution in [0.4, 0.5) is 0 Å². The summed E-state index contributed by atoms with van der Waals surface area (Å²) in [6, 6.07) is 0. The molecule has 78 valence electrons. The second-order valence-electron chi connectivity index (χ2n) is 3.13. The van der Waals surface area contributed by atoms with Crippen molar-refractivity contribution in [2.24, 2.45) is 0 Å². The molecule has 2 unspecified atom stereocenters. The fourth-order valence-corrected chi connectivity index (χ4v) is 3.97. The Morgan fingerprint density at radius 2 is 2.43 bits per heavy atom. The Morgan fingerprint density at radius 3 is 3.00 bits per heavy atom. The predicted molar refractivity (Wildman–Crippen MR) is 63.2 cm³/mol. The fraction of sp³-hybridized carbons (Fsp3) is 0.750. The van der Waals surface area contributed by atoms with Gasteiger partial charge in [-0.1, -0.05) is 0 Å². The number of nitrogens with zero attached hydrogens (tertiary/aromatic N) is 2. The molecule has 1 fully saturated rings. The number of thioether (sulfide) groups is 2. The Kier molecular flexibility index (Phi) is 3.62. The zero-order chi connectivity index (χ0) is 9.97. The van der Waals surface area contributed by atoms with E-state index in [2.05, 4.69) is 15.2 Å². The molecule has 6 heteroatoms. The summed E-state index contributed by atoms with van der Waals surface area (Å²) < 4.78 is 0. The van der Waals surface area contributed by atoms with Gasteiger partial charge in [-0.2, -0.15) is 16.9 Å². The monoisotopic (exact) mass is 249 g/mol. The molecule has 1 saturated heterocycles. The van der Waals surface area contributed by atoms with Crippen molar-refractivity contribution in [2.75, 3.05) is 17.3 Å². The van der Waals surface area contributed by atoms with Crippen molar-refractivity contribution in [3.05, 3.63) is 11.6 Å². The first-order valence-corrected chi connectivity index (χ1v) is 7.17. The highest BCUT2D eigenvalue weighted by Crippen LogP contribution is 2.35. The third-order valence-electron chi connectivity index (χ3n) is 2.00. The summed E-state index contributed by atoms with van der Waals surface area (Å²) in [4.78, 5) is 4.40. The molecule has 0 amide bonds. The molecule has 1 aliphatic heterocycles. The quantitative estimate of drug-likeness (QED) is 0.819. The van der Waals surface area contributed by atoms with Crippen molar-refractivity contribution in [3.63, 3.8) is 0 Å². The zero-order valence-corrected chi connectivity index (χ0v) is 10.3. The van der Waals surface area contributed by atoms with Gasteiger partial charge in [0.1, 0.15) is 5.82 Å². The van der Waals surface area contributed by atoms with Crippen LogP contribution in [-0.2, 0) is 0 Å². The molecule has 1 aromatic rings. The maximum Gasteiger partial charge on any atom is 0.168 e. The lowest BCUT2D eigenvalue weighted by Gasteiger charge is -2.17. The second-order valence-corrected chi connectivity index (χ2v) is 6.24. The number of hydrogen-bond donors (Lipinski definition) is 1. The number of alkyl halides is 1. The number of aromatic nitrogens is 3. The van der Waals surface area contributed by atoms with Crippen LogP contribution in [-0.4, -0.2) is 32.4 Å². The minimum atomic E-state index is -0.110. The Morgan fingerprint density at radius 1 is 1.57 bits per heavy atom. The molecule has 0 aromatic carbocycles. The molecule has 3 nitrogen and oxygen atoms in total. The molecule has 0 saturated carbocycles. The van der Waals surface area contributed by atoms with Crippen molar-refractivity contribution in [1.82, 2.24) is 15.2 Å². The minimum absolute atomic E-state index is 0.110. The highest BCUT2D eigenvalue weighted by atomic mass is 35.5. The van der Waals surface area contributed by atoms with Gasteiger partial charge in [-0.15, -0.1) is 23.4 Å². The smallest absolute Gasteiger partial charge is 0.168 e. The van der Waals surface area contributed by atoms with Gasteiger partial charge in [0.25, 0.3) is 0 Å². The largest absolute Gasteiger partial charge is 0.262 e. The molecule has 14 heavy (non-hydrogen) atoms. The fourth-order valence-electron chi connectivity index (χ4n) is 1.26. The summed E-state index contributed by atoms with van der Waals surface area (Å²) in [6.45, 7) is 1.89. The molecular formula is C8H12ClN3S2. The average molecular weight is 250 g/mol. The molecule has 0 spiro atoms. The maximum absolute atomic E-state index is 5.90. The van der Waals surface area contributed by atoms with Crippen molar-refractivity contribution in [3.8, 4) is 0 Å². The molecule has 2 heterocycles. The van der Waals surface area contributed by atoms with Crippen LogP contribution in [0.15, 0.2) is 0 Å². The summed E-state index contributed by atoms with van der Waals surface area (Å²) in [6.07, 6.45) is 0. The first-order valence-electron chi connectivity index (χ1n) is 4.53. The van der Waals surface area contributed by atoms with Crippen LogP contribution in [0.5, 0.6) is 0 Å². The lowest BCUT2D eigenvalue weighted by atomic mass is 10.4. The number of halogens is 1. The van der Waals surface area contributed by atoms with E-state index in [-0.39, 0.29) is 5.38 Å². The van der Waals surface area contributed by atoms with Gasteiger partial charge in [0.05, 0.1) is 10.6 Å². The first-order chi connectivity index (χ1) is 6.77. The van der Waals surface area contributed by atoms with Crippen LogP contribution in [0, 0.1) is 0 Å². The molecule has 0 aliphatic carbocycles. The van der Waals surface area contributed by atoms with Crippen LogP contribution in [0.3, 0.4) is 0 Å². The van der Waals surface area contributed by atoms with Crippen molar-refractivity contribution in [2.45, 2.75) is 17.6 Å². The minimum Gasteiger partial charge on any atom is -0.262 e. The summed E-state index contributed by atoms with van der Waals surface area (Å²) in [5.74, 6) is 5.24. The van der Waals surface area contributed by atoms with Crippen molar-refractivity contribution >= 4 is 35.1 Å². The SMILES string of the molecule is CC(Cl)c1n[nH]c(C2CSCCS2)n1. The standard InChI is InChI=1S/C8H12ClN3S2/c1-5(9)7-10-8(12-11-7)6-4-13-2-3-14-6/h5-6H,2-4H2,1H3,(H,10,11,12). The third kappa shape index (κ3) is 2.38. The summed E-state index contributed by atoms with van der Waals surface area (Å²) in [5.41, 5.74) is 0. The van der Waals surface area contributed by atoms with E-state index >= 15 is 0 Å². The van der Waals surface area contributed by atoms with E-state index in [1.54, 1.807) is 0 Å². The van der Waals surface area contributed by atoms with Gasteiger partial charge < -0.3 is 0 Å². The van der Waals surface area contributed by atoms with Crippen LogP contribution in [0.1, 0.15) is 29.2 Å². The van der Waals surface area contributed by atoms with E-state index in [0.717, 1.165) is 11.6 Å². The third-order valence-corrected chi connectivity index (χ3v) is 4.96. The Bertz CT molecular complexity index is 297. The van der Waals surface area contributed by atoms with Crippen molar-refractivity contribution in [1.29, 1.82) is 0 Å². The average Bonchev–Trinajstić information content (AvgIpc) is 2.68. The molecule has 0 radical (unpaired) electrons. The normalized spacial score (nSPS) is 24.9. The van der Waals surface area contributed by atoms with Gasteiger partial charge in [-0.05, 0) is 6.92 Å². The molecule has 1 N–H and O–H groups in total. The van der Waals surface area contributed by atoms with Crippen LogP contribution in [0.2, 0.25) is 0 Å². The Balaban J connectivity index is 2.07. The van der Waals surface area contributed by atoms with Gasteiger partial charge in [0.15, 0.2) is 5.82 Å². The van der Waals surface area contributed by atoms with E-state index in [0.29, 0.717) is 11.1 Å². The lowest BCUT2D eigenvalue weighted by Crippen LogP contribution is -2.08. The summed E-state index contributed by atoms with van der Waals surface area (Å²) in [7, 11) is 0. The molecular weight excluding hydrogens is 238 g/mol. The molecule has 1 aliphatic rings. The number of hydrogen-bond acceptors (Lipinski definition) is 4. The van der Waals surface area contributed by atoms with Crippen LogP contribution in [0.25, 0.3) is 0 Å². The highest BCUT2D eigenvalue weighted by molar-refractivity contribution is 8.06. The second kappa shape index (κ2) is 4.77. The predicted octanol–water partition coefficient (Wildman–Crippen LogP) is 2.63. The van der Waals surface area contributed by atoms with Crippen molar-refractivity contribution < 1.29 is 0 Å². The van der Waals surface area contributed by atoms with Crippen LogP contribution >= 0.6 is 35.1 Å².